The Labute approximate surface area is 147 Å². The fourth-order valence-corrected chi connectivity index (χ4v) is 3.10. The molecule has 130 valence electrons. The highest BCUT2D eigenvalue weighted by Gasteiger charge is 2.30. The highest BCUT2D eigenvalue weighted by atomic mass is 16.2. The van der Waals surface area contributed by atoms with Gasteiger partial charge in [-0.2, -0.15) is 0 Å². The first kappa shape index (κ1) is 17.0. The van der Waals surface area contributed by atoms with Crippen LogP contribution in [0.15, 0.2) is 60.7 Å². The summed E-state index contributed by atoms with van der Waals surface area (Å²) in [6, 6.07) is 18.3. The van der Waals surface area contributed by atoms with Gasteiger partial charge in [0.25, 0.3) is 0 Å². The van der Waals surface area contributed by atoms with Crippen molar-refractivity contribution in [3.63, 3.8) is 0 Å². The number of anilines is 1. The van der Waals surface area contributed by atoms with Crippen molar-refractivity contribution in [3.05, 3.63) is 66.2 Å². The number of hydrogen-bond acceptors (Lipinski definition) is 3. The fourth-order valence-electron chi connectivity index (χ4n) is 3.10. The van der Waals surface area contributed by atoms with Crippen molar-refractivity contribution >= 4 is 17.6 Å². The maximum absolute atomic E-state index is 12.4. The van der Waals surface area contributed by atoms with Gasteiger partial charge < -0.3 is 16.0 Å². The van der Waals surface area contributed by atoms with Gasteiger partial charge in [0.05, 0.1) is 0 Å². The van der Waals surface area contributed by atoms with Crippen LogP contribution in [0.1, 0.15) is 11.6 Å². The molecule has 2 aromatic carbocycles. The third-order valence-electron chi connectivity index (χ3n) is 4.38. The summed E-state index contributed by atoms with van der Waals surface area (Å²) < 4.78 is 0. The van der Waals surface area contributed by atoms with E-state index < -0.39 is 6.04 Å². The minimum Gasteiger partial charge on any atom is -0.368 e. The summed E-state index contributed by atoms with van der Waals surface area (Å²) >= 11 is 0. The number of piperazine rings is 1. The van der Waals surface area contributed by atoms with Crippen LogP contribution in [-0.2, 0) is 4.79 Å². The Morgan fingerprint density at radius 1 is 0.880 bits per heavy atom. The Balaban J connectivity index is 1.60. The number of nitrogens with two attached hydrogens (primary N) is 1. The molecule has 3 amide bonds. The lowest BCUT2D eigenvalue weighted by Gasteiger charge is -2.38. The number of carbonyl (C=O) groups is 2. The summed E-state index contributed by atoms with van der Waals surface area (Å²) in [5, 5.41) is 2.89. The Morgan fingerprint density at radius 3 is 2.00 bits per heavy atom. The Kier molecular flexibility index (Phi) is 5.30. The molecule has 1 saturated heterocycles. The van der Waals surface area contributed by atoms with Crippen LogP contribution in [-0.4, -0.2) is 47.9 Å². The maximum Gasteiger partial charge on any atom is 0.321 e. The van der Waals surface area contributed by atoms with Gasteiger partial charge >= 0.3 is 6.03 Å². The second-order valence-electron chi connectivity index (χ2n) is 6.03. The lowest BCUT2D eigenvalue weighted by molar-refractivity contribution is -0.124. The quantitative estimate of drug-likeness (QED) is 0.896. The standard InChI is InChI=1S/C19H22N4O2/c20-18(24)17(15-7-3-1-4-8-15)22-11-13-23(14-12-22)19(25)21-16-9-5-2-6-10-16/h1-10,17H,11-14H2,(H2,20,24)(H,21,25). The van der Waals surface area contributed by atoms with Gasteiger partial charge in [0.2, 0.25) is 5.91 Å². The Hall–Kier alpha value is -2.86. The first-order valence-corrected chi connectivity index (χ1v) is 8.34. The van der Waals surface area contributed by atoms with E-state index in [1.165, 1.54) is 0 Å². The highest BCUT2D eigenvalue weighted by molar-refractivity contribution is 5.89. The second-order valence-corrected chi connectivity index (χ2v) is 6.03. The van der Waals surface area contributed by atoms with Crippen LogP contribution in [0, 0.1) is 0 Å². The molecular formula is C19H22N4O2. The van der Waals surface area contributed by atoms with Gasteiger partial charge in [0.1, 0.15) is 6.04 Å². The van der Waals surface area contributed by atoms with Crippen molar-refractivity contribution in [1.29, 1.82) is 0 Å². The third kappa shape index (κ3) is 4.16. The molecule has 3 N–H and O–H groups in total. The third-order valence-corrected chi connectivity index (χ3v) is 4.38. The number of amides is 3. The molecule has 1 atom stereocenters. The second kappa shape index (κ2) is 7.81. The van der Waals surface area contributed by atoms with Crippen LogP contribution in [0.25, 0.3) is 0 Å². The largest absolute Gasteiger partial charge is 0.368 e. The normalized spacial score (nSPS) is 16.2. The molecule has 1 aliphatic rings. The van der Waals surface area contributed by atoms with Crippen LogP contribution < -0.4 is 11.1 Å². The van der Waals surface area contributed by atoms with Gasteiger partial charge in [-0.05, 0) is 17.7 Å². The SMILES string of the molecule is NC(=O)C(c1ccccc1)N1CCN(C(=O)Nc2ccccc2)CC1. The molecular weight excluding hydrogens is 316 g/mol. The van der Waals surface area contributed by atoms with E-state index in [4.69, 9.17) is 5.73 Å². The summed E-state index contributed by atoms with van der Waals surface area (Å²) in [6.45, 7) is 2.31. The van der Waals surface area contributed by atoms with Gasteiger partial charge in [-0.25, -0.2) is 4.79 Å². The molecule has 1 aliphatic heterocycles. The first-order chi connectivity index (χ1) is 12.1. The lowest BCUT2D eigenvalue weighted by Crippen LogP contribution is -2.52. The number of nitrogens with one attached hydrogen (secondary N) is 1. The molecule has 0 bridgehead atoms. The lowest BCUT2D eigenvalue weighted by atomic mass is 10.0. The predicted octanol–water partition coefficient (Wildman–Crippen LogP) is 2.06. The number of nitrogens with zero attached hydrogens (tertiary/aromatic N) is 2. The summed E-state index contributed by atoms with van der Waals surface area (Å²) in [7, 11) is 0. The number of carbonyl (C=O) groups excluding carboxylic acids is 2. The Morgan fingerprint density at radius 2 is 1.44 bits per heavy atom. The van der Waals surface area contributed by atoms with E-state index in [0.717, 1.165) is 11.3 Å². The monoisotopic (exact) mass is 338 g/mol. The molecule has 25 heavy (non-hydrogen) atoms. The fraction of sp³-hybridized carbons (Fsp3) is 0.263. The predicted molar refractivity (Wildman–Crippen MR) is 97.0 cm³/mol. The number of hydrogen-bond donors (Lipinski definition) is 2. The van der Waals surface area contributed by atoms with Crippen LogP contribution in [0.2, 0.25) is 0 Å². The van der Waals surface area contributed by atoms with E-state index in [1.807, 2.05) is 65.6 Å². The molecule has 0 spiro atoms. The number of primary amides is 1. The van der Waals surface area contributed by atoms with E-state index in [0.29, 0.717) is 26.2 Å². The zero-order chi connectivity index (χ0) is 17.6. The molecule has 3 rings (SSSR count). The van der Waals surface area contributed by atoms with E-state index >= 15 is 0 Å². The van der Waals surface area contributed by atoms with Crippen LogP contribution in [0.3, 0.4) is 0 Å². The zero-order valence-corrected chi connectivity index (χ0v) is 14.0. The van der Waals surface area contributed by atoms with Crippen LogP contribution in [0.4, 0.5) is 10.5 Å². The molecule has 1 heterocycles. The summed E-state index contributed by atoms with van der Waals surface area (Å²) in [6.07, 6.45) is 0. The number of benzene rings is 2. The first-order valence-electron chi connectivity index (χ1n) is 8.34. The molecule has 6 heteroatoms. The van der Waals surface area contributed by atoms with Crippen LogP contribution >= 0.6 is 0 Å². The molecule has 2 aromatic rings. The molecule has 1 unspecified atom stereocenters. The van der Waals surface area contributed by atoms with Gasteiger partial charge in [-0.15, -0.1) is 0 Å². The number of urea groups is 1. The van der Waals surface area contributed by atoms with Crippen molar-refractivity contribution in [2.45, 2.75) is 6.04 Å². The van der Waals surface area contributed by atoms with Crippen molar-refractivity contribution in [1.82, 2.24) is 9.80 Å². The summed E-state index contributed by atoms with van der Waals surface area (Å²) in [4.78, 5) is 28.1. The zero-order valence-electron chi connectivity index (χ0n) is 14.0. The molecule has 0 aliphatic carbocycles. The number of rotatable bonds is 4. The number of para-hydroxylation sites is 1. The molecule has 6 nitrogen and oxygen atoms in total. The summed E-state index contributed by atoms with van der Waals surface area (Å²) in [5.41, 5.74) is 7.28. The van der Waals surface area contributed by atoms with Gasteiger partial charge in [0, 0.05) is 31.9 Å². The molecule has 0 radical (unpaired) electrons. The molecule has 0 saturated carbocycles. The van der Waals surface area contributed by atoms with Gasteiger partial charge in [-0.1, -0.05) is 48.5 Å². The van der Waals surface area contributed by atoms with Crippen molar-refractivity contribution < 1.29 is 9.59 Å². The van der Waals surface area contributed by atoms with Crippen LogP contribution in [0.5, 0.6) is 0 Å². The smallest absolute Gasteiger partial charge is 0.321 e. The molecule has 0 aromatic heterocycles. The van der Waals surface area contributed by atoms with E-state index in [2.05, 4.69) is 5.32 Å². The van der Waals surface area contributed by atoms with E-state index in [1.54, 1.807) is 4.90 Å². The van der Waals surface area contributed by atoms with Gasteiger partial charge in [-0.3, -0.25) is 9.69 Å². The van der Waals surface area contributed by atoms with E-state index in [-0.39, 0.29) is 11.9 Å². The maximum atomic E-state index is 12.4. The average Bonchev–Trinajstić information content (AvgIpc) is 2.64. The average molecular weight is 338 g/mol. The highest BCUT2D eigenvalue weighted by Crippen LogP contribution is 2.22. The minimum absolute atomic E-state index is 0.124. The molecule has 1 fully saturated rings. The topological polar surface area (TPSA) is 78.7 Å². The van der Waals surface area contributed by atoms with Gasteiger partial charge in [0.15, 0.2) is 0 Å². The van der Waals surface area contributed by atoms with E-state index in [9.17, 15) is 9.59 Å². The van der Waals surface area contributed by atoms with Crippen molar-refractivity contribution in [2.24, 2.45) is 5.73 Å². The van der Waals surface area contributed by atoms with Crippen molar-refractivity contribution in [3.8, 4) is 0 Å². The minimum atomic E-state index is -0.458. The Bertz CT molecular complexity index is 713. The summed E-state index contributed by atoms with van der Waals surface area (Å²) in [5.74, 6) is -0.367. The van der Waals surface area contributed by atoms with Crippen molar-refractivity contribution in [2.75, 3.05) is 31.5 Å².